The second-order valence-electron chi connectivity index (χ2n) is 4.94. The van der Waals surface area contributed by atoms with Crippen molar-refractivity contribution in [3.8, 4) is 11.8 Å². The van der Waals surface area contributed by atoms with Crippen LogP contribution in [0.25, 0.3) is 5.69 Å². The molecule has 1 N–H and O–H groups in total. The minimum atomic E-state index is -0.461. The lowest BCUT2D eigenvalue weighted by atomic mass is 10.2. The molecule has 2 aromatic rings. The van der Waals surface area contributed by atoms with Gasteiger partial charge in [-0.25, -0.2) is 9.07 Å². The van der Waals surface area contributed by atoms with Crippen LogP contribution in [0.15, 0.2) is 36.5 Å². The molecular formula is C16H17FN4O. The molecule has 0 saturated carbocycles. The minimum absolute atomic E-state index is 0.107. The van der Waals surface area contributed by atoms with Crippen molar-refractivity contribution in [2.45, 2.75) is 32.2 Å². The van der Waals surface area contributed by atoms with Crippen LogP contribution >= 0.6 is 0 Å². The molecule has 0 fully saturated rings. The number of carbonyl (C=O) groups excluding carboxylic acids is 1. The zero-order chi connectivity index (χ0) is 15.9. The van der Waals surface area contributed by atoms with Crippen LogP contribution in [0, 0.1) is 17.1 Å². The van der Waals surface area contributed by atoms with Gasteiger partial charge in [-0.05, 0) is 36.8 Å². The summed E-state index contributed by atoms with van der Waals surface area (Å²) in [7, 11) is 0. The number of amides is 1. The number of nitrogens with zero attached hydrogens (tertiary/aromatic N) is 3. The first-order valence-electron chi connectivity index (χ1n) is 7.12. The zero-order valence-corrected chi connectivity index (χ0v) is 12.3. The third kappa shape index (κ3) is 4.16. The smallest absolute Gasteiger partial charge is 0.227 e. The minimum Gasteiger partial charge on any atom is -0.340 e. The summed E-state index contributed by atoms with van der Waals surface area (Å²) < 4.78 is 14.5. The summed E-state index contributed by atoms with van der Waals surface area (Å²) >= 11 is 0. The van der Waals surface area contributed by atoms with Gasteiger partial charge in [0.2, 0.25) is 5.91 Å². The number of nitrogens with one attached hydrogen (secondary N) is 1. The van der Waals surface area contributed by atoms with Crippen LogP contribution in [0.1, 0.15) is 25.5 Å². The molecule has 0 aliphatic rings. The lowest BCUT2D eigenvalue weighted by Gasteiger charge is -2.09. The fraction of sp³-hybridized carbons (Fsp3) is 0.312. The van der Waals surface area contributed by atoms with Crippen LogP contribution in [0.5, 0.6) is 0 Å². The normalized spacial score (nSPS) is 11.7. The molecular weight excluding hydrogens is 283 g/mol. The summed E-state index contributed by atoms with van der Waals surface area (Å²) in [5, 5.41) is 15.9. The standard InChI is InChI=1S/C16H17FN4O/c1-2-3-14(11-18)19-16(22)10-13-8-9-21(20-13)15-6-4-12(17)5-7-15/h4-9,14H,2-3,10H2,1H3,(H,19,22). The Kier molecular flexibility index (Phi) is 5.26. The van der Waals surface area contributed by atoms with Gasteiger partial charge < -0.3 is 5.32 Å². The maximum atomic E-state index is 12.9. The maximum Gasteiger partial charge on any atom is 0.227 e. The van der Waals surface area contributed by atoms with E-state index >= 15 is 0 Å². The molecule has 1 unspecified atom stereocenters. The van der Waals surface area contributed by atoms with Crippen molar-refractivity contribution in [1.82, 2.24) is 15.1 Å². The molecule has 5 nitrogen and oxygen atoms in total. The molecule has 0 radical (unpaired) electrons. The van der Waals surface area contributed by atoms with Gasteiger partial charge in [0.1, 0.15) is 11.9 Å². The molecule has 2 rings (SSSR count). The highest BCUT2D eigenvalue weighted by Crippen LogP contribution is 2.09. The zero-order valence-electron chi connectivity index (χ0n) is 12.3. The lowest BCUT2D eigenvalue weighted by molar-refractivity contribution is -0.120. The number of hydrogen-bond acceptors (Lipinski definition) is 3. The van der Waals surface area contributed by atoms with Gasteiger partial charge in [0.25, 0.3) is 0 Å². The first-order valence-corrected chi connectivity index (χ1v) is 7.12. The van der Waals surface area contributed by atoms with Crippen molar-refractivity contribution in [1.29, 1.82) is 5.26 Å². The second-order valence-corrected chi connectivity index (χ2v) is 4.94. The molecule has 1 amide bonds. The molecule has 114 valence electrons. The van der Waals surface area contributed by atoms with E-state index < -0.39 is 6.04 Å². The lowest BCUT2D eigenvalue weighted by Crippen LogP contribution is -2.34. The highest BCUT2D eigenvalue weighted by Gasteiger charge is 2.12. The summed E-state index contributed by atoms with van der Waals surface area (Å²) in [6.45, 7) is 1.96. The monoisotopic (exact) mass is 300 g/mol. The van der Waals surface area contributed by atoms with E-state index in [1.165, 1.54) is 12.1 Å². The predicted octanol–water partition coefficient (Wildman–Crippen LogP) is 2.36. The number of benzene rings is 1. The van der Waals surface area contributed by atoms with Gasteiger partial charge in [0.15, 0.2) is 0 Å². The molecule has 1 aromatic carbocycles. The van der Waals surface area contributed by atoms with Gasteiger partial charge in [-0.1, -0.05) is 13.3 Å². The van der Waals surface area contributed by atoms with Gasteiger partial charge in [0.05, 0.1) is 23.9 Å². The van der Waals surface area contributed by atoms with E-state index in [1.54, 1.807) is 29.1 Å². The van der Waals surface area contributed by atoms with Gasteiger partial charge in [-0.3, -0.25) is 4.79 Å². The molecule has 6 heteroatoms. The van der Waals surface area contributed by atoms with E-state index in [0.29, 0.717) is 17.8 Å². The molecule has 0 spiro atoms. The molecule has 0 aliphatic carbocycles. The topological polar surface area (TPSA) is 70.7 Å². The average molecular weight is 300 g/mol. The summed E-state index contributed by atoms with van der Waals surface area (Å²) in [5.74, 6) is -0.543. The summed E-state index contributed by atoms with van der Waals surface area (Å²) in [5.41, 5.74) is 1.31. The van der Waals surface area contributed by atoms with Gasteiger partial charge in [0, 0.05) is 6.20 Å². The Hall–Kier alpha value is -2.68. The van der Waals surface area contributed by atoms with Crippen molar-refractivity contribution in [2.24, 2.45) is 0 Å². The summed E-state index contributed by atoms with van der Waals surface area (Å²) in [6, 6.07) is 9.25. The Bertz CT molecular complexity index is 672. The Labute approximate surface area is 128 Å². The molecule has 1 atom stereocenters. The highest BCUT2D eigenvalue weighted by atomic mass is 19.1. The number of hydrogen-bond donors (Lipinski definition) is 1. The fourth-order valence-electron chi connectivity index (χ4n) is 2.06. The number of aromatic nitrogens is 2. The molecule has 1 aromatic heterocycles. The third-order valence-electron chi connectivity index (χ3n) is 3.15. The predicted molar refractivity (Wildman–Crippen MR) is 79.7 cm³/mol. The quantitative estimate of drug-likeness (QED) is 0.890. The third-order valence-corrected chi connectivity index (χ3v) is 3.15. The van der Waals surface area contributed by atoms with E-state index in [1.807, 2.05) is 6.92 Å². The van der Waals surface area contributed by atoms with E-state index in [4.69, 9.17) is 5.26 Å². The number of rotatable bonds is 6. The van der Waals surface area contributed by atoms with Crippen LogP contribution in [-0.4, -0.2) is 21.7 Å². The Morgan fingerprint density at radius 1 is 1.41 bits per heavy atom. The summed E-state index contributed by atoms with van der Waals surface area (Å²) in [6.07, 6.45) is 3.28. The van der Waals surface area contributed by atoms with Crippen molar-refractivity contribution in [3.63, 3.8) is 0 Å². The second kappa shape index (κ2) is 7.36. The molecule has 0 aliphatic heterocycles. The Morgan fingerprint density at radius 2 is 2.14 bits per heavy atom. The molecule has 22 heavy (non-hydrogen) atoms. The number of carbonyl (C=O) groups is 1. The van der Waals surface area contributed by atoms with Crippen LogP contribution in [0.4, 0.5) is 4.39 Å². The molecule has 0 bridgehead atoms. The van der Waals surface area contributed by atoms with Crippen molar-refractivity contribution >= 4 is 5.91 Å². The van der Waals surface area contributed by atoms with Crippen molar-refractivity contribution in [2.75, 3.05) is 0 Å². The Balaban J connectivity index is 1.98. The van der Waals surface area contributed by atoms with Gasteiger partial charge >= 0.3 is 0 Å². The fourth-order valence-corrected chi connectivity index (χ4v) is 2.06. The van der Waals surface area contributed by atoms with Crippen molar-refractivity contribution in [3.05, 3.63) is 48.0 Å². The van der Waals surface area contributed by atoms with Crippen LogP contribution in [0.2, 0.25) is 0 Å². The Morgan fingerprint density at radius 3 is 2.77 bits per heavy atom. The summed E-state index contributed by atoms with van der Waals surface area (Å²) in [4.78, 5) is 11.9. The van der Waals surface area contributed by atoms with E-state index in [9.17, 15) is 9.18 Å². The van der Waals surface area contributed by atoms with Crippen molar-refractivity contribution < 1.29 is 9.18 Å². The highest BCUT2D eigenvalue weighted by molar-refractivity contribution is 5.78. The maximum absolute atomic E-state index is 12.9. The van der Waals surface area contributed by atoms with Crippen LogP contribution < -0.4 is 5.32 Å². The van der Waals surface area contributed by atoms with E-state index in [2.05, 4.69) is 16.5 Å². The van der Waals surface area contributed by atoms with E-state index in [-0.39, 0.29) is 18.1 Å². The first-order chi connectivity index (χ1) is 10.6. The number of nitriles is 1. The van der Waals surface area contributed by atoms with Gasteiger partial charge in [-0.15, -0.1) is 0 Å². The van der Waals surface area contributed by atoms with Crippen LogP contribution in [-0.2, 0) is 11.2 Å². The SMILES string of the molecule is CCCC(C#N)NC(=O)Cc1ccn(-c2ccc(F)cc2)n1. The first kappa shape index (κ1) is 15.7. The van der Waals surface area contributed by atoms with Gasteiger partial charge in [-0.2, -0.15) is 10.4 Å². The number of halogens is 1. The average Bonchev–Trinajstić information content (AvgIpc) is 2.95. The van der Waals surface area contributed by atoms with Crippen LogP contribution in [0.3, 0.4) is 0 Å². The van der Waals surface area contributed by atoms with E-state index in [0.717, 1.165) is 6.42 Å². The molecule has 1 heterocycles. The molecule has 0 saturated heterocycles. The largest absolute Gasteiger partial charge is 0.340 e.